The Morgan fingerprint density at radius 2 is 1.76 bits per heavy atom. The van der Waals surface area contributed by atoms with E-state index in [4.69, 9.17) is 0 Å². The maximum absolute atomic E-state index is 12.2. The van der Waals surface area contributed by atoms with Crippen molar-refractivity contribution in [1.82, 2.24) is 10.2 Å². The van der Waals surface area contributed by atoms with Crippen molar-refractivity contribution in [2.24, 2.45) is 5.92 Å². The van der Waals surface area contributed by atoms with Crippen LogP contribution in [0.3, 0.4) is 0 Å². The van der Waals surface area contributed by atoms with Gasteiger partial charge in [0.15, 0.2) is 0 Å². The second kappa shape index (κ2) is 7.25. The Morgan fingerprint density at radius 3 is 2.38 bits per heavy atom. The summed E-state index contributed by atoms with van der Waals surface area (Å²) in [5.74, 6) is 0.574. The number of benzene rings is 1. The van der Waals surface area contributed by atoms with Gasteiger partial charge in [-0.25, -0.2) is 0 Å². The van der Waals surface area contributed by atoms with E-state index in [0.29, 0.717) is 5.56 Å². The van der Waals surface area contributed by atoms with Crippen molar-refractivity contribution >= 4 is 11.8 Å². The van der Waals surface area contributed by atoms with Crippen LogP contribution in [0.1, 0.15) is 43.0 Å². The van der Waals surface area contributed by atoms with E-state index >= 15 is 0 Å². The van der Waals surface area contributed by atoms with Crippen LogP contribution >= 0.6 is 0 Å². The lowest BCUT2D eigenvalue weighted by atomic mass is 9.87. The molecule has 0 atom stereocenters. The fourth-order valence-corrected chi connectivity index (χ4v) is 2.77. The van der Waals surface area contributed by atoms with Crippen LogP contribution in [0.2, 0.25) is 0 Å². The monoisotopic (exact) mass is 288 g/mol. The second-order valence-electron chi connectivity index (χ2n) is 6.05. The van der Waals surface area contributed by atoms with Gasteiger partial charge in [0.2, 0.25) is 5.91 Å². The molecule has 114 valence electrons. The number of nitrogens with one attached hydrogen (secondary N) is 1. The molecule has 1 aliphatic carbocycles. The number of nitrogens with zero attached hydrogens (tertiary/aromatic N) is 1. The molecule has 2 rings (SSSR count). The fraction of sp³-hybridized carbons (Fsp3) is 0.529. The molecule has 1 aromatic rings. The first-order valence-electron chi connectivity index (χ1n) is 7.66. The molecule has 0 radical (unpaired) electrons. The number of carbonyl (C=O) groups excluding carboxylic acids is 2. The predicted octanol–water partition coefficient (Wildman–Crippen LogP) is 2.45. The molecule has 1 fully saturated rings. The zero-order valence-electron chi connectivity index (χ0n) is 12.8. The Labute approximate surface area is 126 Å². The average molecular weight is 288 g/mol. The first-order valence-corrected chi connectivity index (χ1v) is 7.66. The molecule has 1 aliphatic rings. The number of hydrogen-bond donors (Lipinski definition) is 1. The quantitative estimate of drug-likeness (QED) is 0.925. The van der Waals surface area contributed by atoms with Crippen molar-refractivity contribution in [1.29, 1.82) is 0 Å². The van der Waals surface area contributed by atoms with E-state index in [2.05, 4.69) is 12.2 Å². The van der Waals surface area contributed by atoms with Crippen molar-refractivity contribution < 1.29 is 9.59 Å². The summed E-state index contributed by atoms with van der Waals surface area (Å²) in [4.78, 5) is 25.7. The summed E-state index contributed by atoms with van der Waals surface area (Å²) in [7, 11) is 1.66. The van der Waals surface area contributed by atoms with Crippen LogP contribution in [0.25, 0.3) is 0 Å². The van der Waals surface area contributed by atoms with Crippen molar-refractivity contribution in [3.05, 3.63) is 35.9 Å². The summed E-state index contributed by atoms with van der Waals surface area (Å²) >= 11 is 0. The maximum Gasteiger partial charge on any atom is 0.254 e. The van der Waals surface area contributed by atoms with Gasteiger partial charge in [-0.05, 0) is 43.7 Å². The van der Waals surface area contributed by atoms with Crippen molar-refractivity contribution in [2.45, 2.75) is 38.6 Å². The maximum atomic E-state index is 12.2. The largest absolute Gasteiger partial charge is 0.352 e. The molecule has 21 heavy (non-hydrogen) atoms. The molecule has 1 N–H and O–H groups in total. The summed E-state index contributed by atoms with van der Waals surface area (Å²) in [6.07, 6.45) is 4.43. The first kappa shape index (κ1) is 15.5. The highest BCUT2D eigenvalue weighted by atomic mass is 16.2. The average Bonchev–Trinajstić information content (AvgIpc) is 2.49. The Kier molecular flexibility index (Phi) is 5.37. The van der Waals surface area contributed by atoms with E-state index in [-0.39, 0.29) is 24.4 Å². The van der Waals surface area contributed by atoms with Gasteiger partial charge in [0.25, 0.3) is 5.91 Å². The standard InChI is InChI=1S/C17H24N2O2/c1-13-8-10-15(11-9-13)18-16(20)12-19(2)17(21)14-6-4-3-5-7-14/h3-7,13,15H,8-12H2,1-2H3,(H,18,20). The molecule has 0 aliphatic heterocycles. The van der Waals surface area contributed by atoms with Crippen LogP contribution in [0.4, 0.5) is 0 Å². The Bertz CT molecular complexity index is 479. The molecular weight excluding hydrogens is 264 g/mol. The zero-order valence-corrected chi connectivity index (χ0v) is 12.8. The minimum atomic E-state index is -0.122. The molecule has 0 spiro atoms. The van der Waals surface area contributed by atoms with Crippen molar-refractivity contribution in [3.8, 4) is 0 Å². The molecule has 0 aromatic heterocycles. The molecule has 4 nitrogen and oxygen atoms in total. The van der Waals surface area contributed by atoms with Gasteiger partial charge in [-0.1, -0.05) is 25.1 Å². The third-order valence-electron chi connectivity index (χ3n) is 4.13. The van der Waals surface area contributed by atoms with Crippen LogP contribution in [0.15, 0.2) is 30.3 Å². The molecule has 0 bridgehead atoms. The highest BCUT2D eigenvalue weighted by Crippen LogP contribution is 2.23. The number of likely N-dealkylation sites (N-methyl/N-ethyl adjacent to an activating group) is 1. The number of hydrogen-bond acceptors (Lipinski definition) is 2. The van der Waals surface area contributed by atoms with Gasteiger partial charge in [0.05, 0.1) is 6.54 Å². The molecule has 0 saturated heterocycles. The van der Waals surface area contributed by atoms with E-state index in [9.17, 15) is 9.59 Å². The summed E-state index contributed by atoms with van der Waals surface area (Å²) in [6.45, 7) is 2.37. The van der Waals surface area contributed by atoms with Crippen LogP contribution in [0.5, 0.6) is 0 Å². The smallest absolute Gasteiger partial charge is 0.254 e. The number of rotatable bonds is 4. The third-order valence-corrected chi connectivity index (χ3v) is 4.13. The number of carbonyl (C=O) groups is 2. The highest BCUT2D eigenvalue weighted by Gasteiger charge is 2.21. The molecule has 1 saturated carbocycles. The molecule has 0 unspecified atom stereocenters. The van der Waals surface area contributed by atoms with Gasteiger partial charge >= 0.3 is 0 Å². The van der Waals surface area contributed by atoms with Crippen molar-refractivity contribution in [2.75, 3.05) is 13.6 Å². The molecule has 0 heterocycles. The van der Waals surface area contributed by atoms with E-state index in [1.807, 2.05) is 18.2 Å². The lowest BCUT2D eigenvalue weighted by Crippen LogP contribution is -2.43. The molecular formula is C17H24N2O2. The van der Waals surface area contributed by atoms with Gasteiger partial charge < -0.3 is 10.2 Å². The van der Waals surface area contributed by atoms with Crippen LogP contribution < -0.4 is 5.32 Å². The minimum absolute atomic E-state index is 0.0682. The van der Waals surface area contributed by atoms with E-state index in [0.717, 1.165) is 18.8 Å². The van der Waals surface area contributed by atoms with Gasteiger partial charge in [-0.2, -0.15) is 0 Å². The van der Waals surface area contributed by atoms with Crippen molar-refractivity contribution in [3.63, 3.8) is 0 Å². The zero-order chi connectivity index (χ0) is 15.2. The second-order valence-corrected chi connectivity index (χ2v) is 6.05. The van der Waals surface area contributed by atoms with Crippen LogP contribution in [0, 0.1) is 5.92 Å². The summed E-state index contributed by atoms with van der Waals surface area (Å²) in [5, 5.41) is 3.04. The van der Waals surface area contributed by atoms with Crippen LogP contribution in [-0.2, 0) is 4.79 Å². The normalized spacial score (nSPS) is 21.6. The summed E-state index contributed by atoms with van der Waals surface area (Å²) in [6, 6.07) is 9.31. The minimum Gasteiger partial charge on any atom is -0.352 e. The molecule has 2 amide bonds. The molecule has 4 heteroatoms. The Hall–Kier alpha value is -1.84. The summed E-state index contributed by atoms with van der Waals surface area (Å²) < 4.78 is 0. The molecule has 1 aromatic carbocycles. The lowest BCUT2D eigenvalue weighted by Gasteiger charge is -2.27. The SMILES string of the molecule is CC1CCC(NC(=O)CN(C)C(=O)c2ccccc2)CC1. The van der Waals surface area contributed by atoms with E-state index in [1.54, 1.807) is 19.2 Å². The van der Waals surface area contributed by atoms with Gasteiger partial charge in [0, 0.05) is 18.7 Å². The van der Waals surface area contributed by atoms with E-state index < -0.39 is 0 Å². The van der Waals surface area contributed by atoms with E-state index in [1.165, 1.54) is 17.7 Å². The Morgan fingerprint density at radius 1 is 1.14 bits per heavy atom. The highest BCUT2D eigenvalue weighted by molar-refractivity contribution is 5.96. The summed E-state index contributed by atoms with van der Waals surface area (Å²) in [5.41, 5.74) is 0.610. The van der Waals surface area contributed by atoms with Gasteiger partial charge in [-0.3, -0.25) is 9.59 Å². The topological polar surface area (TPSA) is 49.4 Å². The van der Waals surface area contributed by atoms with Gasteiger partial charge in [0.1, 0.15) is 0 Å². The Balaban J connectivity index is 1.81. The predicted molar refractivity (Wildman–Crippen MR) is 83.0 cm³/mol. The first-order chi connectivity index (χ1) is 10.1. The lowest BCUT2D eigenvalue weighted by molar-refractivity contribution is -0.122. The number of amides is 2. The van der Waals surface area contributed by atoms with Crippen LogP contribution in [-0.4, -0.2) is 36.3 Å². The van der Waals surface area contributed by atoms with Gasteiger partial charge in [-0.15, -0.1) is 0 Å². The third kappa shape index (κ3) is 4.59. The fourth-order valence-electron chi connectivity index (χ4n) is 2.77.